The van der Waals surface area contributed by atoms with E-state index in [1.54, 1.807) is 42.5 Å². The number of halogens is 4. The number of Topliss-reactive ketones (excluding diaryl/α,β-unsaturated/α-hetero) is 1. The first-order valence-electron chi connectivity index (χ1n) is 19.2. The first kappa shape index (κ1) is 56.1. The Balaban J connectivity index is 0.000000426. The Bertz CT molecular complexity index is 1950. The molecule has 0 aliphatic rings. The first-order chi connectivity index (χ1) is 30.5. The summed E-state index contributed by atoms with van der Waals surface area (Å²) >= 11 is 9.73. The van der Waals surface area contributed by atoms with Crippen LogP contribution < -0.4 is 23.7 Å². The summed E-state index contributed by atoms with van der Waals surface area (Å²) in [5, 5.41) is 26.0. The summed E-state index contributed by atoms with van der Waals surface area (Å²) in [6, 6.07) is 19.9. The molecule has 0 heterocycles. The van der Waals surface area contributed by atoms with E-state index in [4.69, 9.17) is 43.7 Å². The van der Waals surface area contributed by atoms with E-state index >= 15 is 0 Å². The van der Waals surface area contributed by atoms with Crippen LogP contribution >= 0.6 is 47.8 Å². The Morgan fingerprint density at radius 2 is 0.937 bits per heavy atom. The van der Waals surface area contributed by atoms with Crippen LogP contribution in [-0.4, -0.2) is 86.6 Å². The van der Waals surface area contributed by atoms with Crippen LogP contribution in [0.4, 0.5) is 4.39 Å². The van der Waals surface area contributed by atoms with E-state index < -0.39 is 5.82 Å². The van der Waals surface area contributed by atoms with Crippen LogP contribution in [0.3, 0.4) is 0 Å². The minimum Gasteiger partial charge on any atom is -0.493 e. The lowest BCUT2D eigenvalue weighted by Crippen LogP contribution is -2.04. The van der Waals surface area contributed by atoms with Crippen molar-refractivity contribution < 1.29 is 76.8 Å². The molecule has 0 bridgehead atoms. The minimum atomic E-state index is -0.563. The second-order valence-electron chi connectivity index (χ2n) is 12.4. The quantitative estimate of drug-likeness (QED) is 0.0307. The number of ether oxygens (including phenoxy) is 7. The molecule has 4 rings (SSSR count). The Kier molecular flexibility index (Phi) is 31.6. The zero-order chi connectivity index (χ0) is 46.7. The first-order valence-corrected chi connectivity index (χ1v) is 21.5. The fourth-order valence-electron chi connectivity index (χ4n) is 4.61. The van der Waals surface area contributed by atoms with Crippen LogP contribution in [0.25, 0.3) is 0 Å². The maximum absolute atomic E-state index is 12.7. The molecule has 0 fully saturated rings. The average Bonchev–Trinajstić information content (AvgIpc) is 3.27. The highest BCUT2D eigenvalue weighted by atomic mass is 79.9. The molecule has 0 aromatic heterocycles. The zero-order valence-corrected chi connectivity index (χ0v) is 39.1. The molecule has 3 N–H and O–H groups in total. The molecule has 0 radical (unpaired) electrons. The van der Waals surface area contributed by atoms with Crippen LogP contribution in [-0.2, 0) is 41.9 Å². The number of hydrogen-bond acceptors (Lipinski definition) is 15. The van der Waals surface area contributed by atoms with Crippen molar-refractivity contribution in [2.45, 2.75) is 58.7 Å². The van der Waals surface area contributed by atoms with Gasteiger partial charge in [0.1, 0.15) is 24.7 Å². The summed E-state index contributed by atoms with van der Waals surface area (Å²) in [7, 11) is 0. The van der Waals surface area contributed by atoms with E-state index in [9.17, 15) is 28.4 Å². The number of aliphatic hydroxyl groups excluding tert-OH is 3. The predicted octanol–water partition coefficient (Wildman–Crippen LogP) is 8.25. The number of hydrogen-bond donors (Lipinski definition) is 3. The molecule has 0 aliphatic carbocycles. The van der Waals surface area contributed by atoms with Gasteiger partial charge in [-0.2, -0.15) is 0 Å². The van der Waals surface area contributed by atoms with E-state index in [1.807, 2.05) is 18.2 Å². The molecule has 0 aliphatic heterocycles. The molecule has 344 valence electrons. The number of carbonyl (C=O) groups excluding carboxylic acids is 5. The molecule has 4 aromatic carbocycles. The monoisotopic (exact) mass is 1070 g/mol. The van der Waals surface area contributed by atoms with Crippen molar-refractivity contribution >= 4 is 79.5 Å². The van der Waals surface area contributed by atoms with Crippen molar-refractivity contribution in [1.29, 1.82) is 0 Å². The number of carbonyl (C=O) groups is 5. The van der Waals surface area contributed by atoms with Gasteiger partial charge in [0.2, 0.25) is 0 Å². The van der Waals surface area contributed by atoms with Gasteiger partial charge < -0.3 is 48.5 Å². The Labute approximate surface area is 390 Å². The van der Waals surface area contributed by atoms with Gasteiger partial charge in [-0.25, -0.2) is 4.39 Å². The molecule has 63 heavy (non-hydrogen) atoms. The topological polar surface area (TPSA) is 211 Å². The highest BCUT2D eigenvalue weighted by Crippen LogP contribution is 2.30. The van der Waals surface area contributed by atoms with Crippen molar-refractivity contribution in [2.75, 3.05) is 39.6 Å². The molecular weight excluding hydrogens is 1030 g/mol. The lowest BCUT2D eigenvalue weighted by molar-refractivity contribution is -0.130. The normalized spacial score (nSPS) is 9.84. The van der Waals surface area contributed by atoms with Crippen molar-refractivity contribution in [1.82, 2.24) is 0 Å². The van der Waals surface area contributed by atoms with Crippen molar-refractivity contribution in [3.05, 3.63) is 109 Å². The van der Waals surface area contributed by atoms with E-state index in [-0.39, 0.29) is 51.0 Å². The highest BCUT2D eigenvalue weighted by molar-refractivity contribution is 9.11. The summed E-state index contributed by atoms with van der Waals surface area (Å²) in [6.45, 7) is 5.02. The van der Waals surface area contributed by atoms with Gasteiger partial charge in [-0.15, -0.1) is 0 Å². The van der Waals surface area contributed by atoms with Crippen LogP contribution in [0.2, 0.25) is 0 Å². The van der Waals surface area contributed by atoms with Crippen molar-refractivity contribution in [3.8, 4) is 28.7 Å². The summed E-state index contributed by atoms with van der Waals surface area (Å²) in [5.74, 6) is 1.45. The van der Waals surface area contributed by atoms with Crippen LogP contribution in [0.1, 0.15) is 66.9 Å². The maximum atomic E-state index is 12.7. The van der Waals surface area contributed by atoms with E-state index in [0.29, 0.717) is 97.1 Å². The van der Waals surface area contributed by atoms with E-state index in [1.165, 1.54) is 19.1 Å². The molecule has 0 unspecified atom stereocenters. The summed E-state index contributed by atoms with van der Waals surface area (Å²) in [4.78, 5) is 51.8. The van der Waals surface area contributed by atoms with Crippen molar-refractivity contribution in [3.63, 3.8) is 0 Å². The Hall–Kier alpha value is -4.92. The number of benzene rings is 4. The van der Waals surface area contributed by atoms with E-state index in [2.05, 4.69) is 52.5 Å². The van der Waals surface area contributed by atoms with Gasteiger partial charge in [-0.1, -0.05) is 66.0 Å². The third-order valence-corrected chi connectivity index (χ3v) is 9.18. The third-order valence-electron chi connectivity index (χ3n) is 7.70. The number of rotatable bonds is 26. The largest absolute Gasteiger partial charge is 0.493 e. The Morgan fingerprint density at radius 1 is 0.524 bits per heavy atom. The molecule has 15 nitrogen and oxygen atoms in total. The van der Waals surface area contributed by atoms with Crippen LogP contribution in [0, 0.1) is 5.82 Å². The SMILES string of the molecule is CC(=O)c1ccc(COC=O)c(OCCCCO)c1.O=COCc1ccc(Br)cc1OCCCCO.O=COc1ccc(Br)cc1F.O=COc1ccc(Br)cc1OCCCCO. The third kappa shape index (κ3) is 25.1. The van der Waals surface area contributed by atoms with Gasteiger partial charge in [0.25, 0.3) is 25.9 Å². The van der Waals surface area contributed by atoms with Crippen LogP contribution in [0.5, 0.6) is 28.7 Å². The smallest absolute Gasteiger partial charge is 0.298 e. The average molecular weight is 1080 g/mol. The lowest BCUT2D eigenvalue weighted by atomic mass is 10.1. The summed E-state index contributed by atoms with van der Waals surface area (Å²) in [5.41, 5.74) is 2.08. The molecule has 0 amide bonds. The summed E-state index contributed by atoms with van der Waals surface area (Å²) < 4.78 is 50.2. The fourth-order valence-corrected chi connectivity index (χ4v) is 5.62. The number of aliphatic hydroxyl groups is 3. The molecule has 0 spiro atoms. The second kappa shape index (κ2) is 35.5. The molecule has 4 aromatic rings. The molecule has 19 heteroatoms. The molecule has 0 atom stereocenters. The second-order valence-corrected chi connectivity index (χ2v) is 15.1. The van der Waals surface area contributed by atoms with Gasteiger partial charge in [0, 0.05) is 49.9 Å². The molecular formula is C44H50Br3FO15. The van der Waals surface area contributed by atoms with Crippen LogP contribution in [0.15, 0.2) is 86.2 Å². The van der Waals surface area contributed by atoms with Gasteiger partial charge in [0.15, 0.2) is 28.8 Å². The maximum Gasteiger partial charge on any atom is 0.298 e. The number of unbranched alkanes of at least 4 members (excludes halogenated alkanes) is 3. The van der Waals surface area contributed by atoms with Gasteiger partial charge in [-0.05, 0) is 100 Å². The summed E-state index contributed by atoms with van der Waals surface area (Å²) in [6.07, 6.45) is 4.33. The van der Waals surface area contributed by atoms with Crippen molar-refractivity contribution in [2.24, 2.45) is 0 Å². The zero-order valence-electron chi connectivity index (χ0n) is 34.4. The van der Waals surface area contributed by atoms with Gasteiger partial charge in [-0.3, -0.25) is 24.0 Å². The van der Waals surface area contributed by atoms with Gasteiger partial charge in [0.05, 0.1) is 19.8 Å². The lowest BCUT2D eigenvalue weighted by Gasteiger charge is -2.12. The predicted molar refractivity (Wildman–Crippen MR) is 239 cm³/mol. The highest BCUT2D eigenvalue weighted by Gasteiger charge is 2.10. The molecule has 0 saturated heterocycles. The van der Waals surface area contributed by atoms with Gasteiger partial charge >= 0.3 is 0 Å². The molecule has 0 saturated carbocycles. The fraction of sp³-hybridized carbons (Fsp3) is 0.341. The Morgan fingerprint density at radius 3 is 1.40 bits per heavy atom. The minimum absolute atomic E-state index is 0.0527. The van der Waals surface area contributed by atoms with E-state index in [0.717, 1.165) is 33.8 Å². The standard InChI is InChI=1S/C14H18O5.C12H15BrO4.C11H13BrO4.C7H4BrFO2/c1-11(17)12-4-5-13(9-18-10-16)14(8-12)19-7-3-2-6-15;13-11-4-3-10(8-16-9-15)12(7-11)17-6-2-1-5-14;12-9-3-4-10(16-8-14)11(7-9)15-6-2-1-5-13;8-5-1-2-7(11-4-10)6(9)3-5/h4-5,8,10,15H,2-3,6-7,9H2,1H3;3-4,7,9,14H,1-2,5-6,8H2;3-4,7-8,13H,1-2,5-6H2;1-4H. The number of ketones is 1.